The van der Waals surface area contributed by atoms with E-state index in [0.29, 0.717) is 17.4 Å². The van der Waals surface area contributed by atoms with Gasteiger partial charge in [0.25, 0.3) is 5.91 Å². The molecule has 1 heterocycles. The molecule has 31 heavy (non-hydrogen) atoms. The summed E-state index contributed by atoms with van der Waals surface area (Å²) in [6.45, 7) is 2.06. The first kappa shape index (κ1) is 19.7. The maximum absolute atomic E-state index is 12.7. The van der Waals surface area contributed by atoms with Gasteiger partial charge in [-0.1, -0.05) is 31.0 Å². The molecular weight excluding hydrogens is 386 g/mol. The lowest BCUT2D eigenvalue weighted by Gasteiger charge is -2.14. The predicted molar refractivity (Wildman–Crippen MR) is 123 cm³/mol. The van der Waals surface area contributed by atoms with Gasteiger partial charge in [-0.25, -0.2) is 4.98 Å². The van der Waals surface area contributed by atoms with Crippen LogP contribution in [0.3, 0.4) is 0 Å². The van der Waals surface area contributed by atoms with Gasteiger partial charge in [0.15, 0.2) is 0 Å². The Morgan fingerprint density at radius 3 is 2.52 bits per heavy atom. The van der Waals surface area contributed by atoms with Crippen molar-refractivity contribution < 1.29 is 9.59 Å². The fraction of sp³-hybridized carbons (Fsp3) is 0.346. The average Bonchev–Trinajstić information content (AvgIpc) is 3.51. The second-order valence-electron chi connectivity index (χ2n) is 8.88. The highest BCUT2D eigenvalue weighted by molar-refractivity contribution is 5.97. The van der Waals surface area contributed by atoms with Crippen LogP contribution in [0.15, 0.2) is 48.7 Å². The molecule has 2 aromatic carbocycles. The Kier molecular flexibility index (Phi) is 5.18. The van der Waals surface area contributed by atoms with E-state index in [0.717, 1.165) is 53.1 Å². The van der Waals surface area contributed by atoms with Gasteiger partial charge < -0.3 is 10.6 Å². The quantitative estimate of drug-likeness (QED) is 0.602. The minimum Gasteiger partial charge on any atom is -0.349 e. The molecule has 0 saturated heterocycles. The second kappa shape index (κ2) is 8.14. The molecule has 2 saturated carbocycles. The molecule has 2 fully saturated rings. The summed E-state index contributed by atoms with van der Waals surface area (Å²) in [5.74, 6) is 0.818. The summed E-state index contributed by atoms with van der Waals surface area (Å²) in [5, 5.41) is 8.11. The number of hydrogen-bond donors (Lipinski definition) is 2. The molecule has 0 unspecified atom stereocenters. The molecule has 0 atom stereocenters. The van der Waals surface area contributed by atoms with Gasteiger partial charge in [-0.2, -0.15) is 0 Å². The first-order valence-electron chi connectivity index (χ1n) is 11.2. The highest BCUT2D eigenvalue weighted by atomic mass is 16.2. The van der Waals surface area contributed by atoms with Crippen molar-refractivity contribution in [2.75, 3.05) is 5.32 Å². The molecule has 2 amide bonds. The van der Waals surface area contributed by atoms with Crippen LogP contribution < -0.4 is 10.6 Å². The monoisotopic (exact) mass is 413 g/mol. The molecule has 3 aromatic rings. The Bertz CT molecular complexity index is 1160. The molecule has 0 aliphatic heterocycles. The van der Waals surface area contributed by atoms with Gasteiger partial charge in [-0.15, -0.1) is 0 Å². The molecule has 5 rings (SSSR count). The van der Waals surface area contributed by atoms with Crippen molar-refractivity contribution in [2.24, 2.45) is 5.92 Å². The molecule has 1 aromatic heterocycles. The SMILES string of the molecule is Cc1ccc(C(=O)NC2CCCC2)cc1-c1ccc2cc(NC(=O)C3CC3)ncc2c1. The van der Waals surface area contributed by atoms with Gasteiger partial charge in [0.2, 0.25) is 5.91 Å². The number of carbonyl (C=O) groups excluding carboxylic acids is 2. The van der Waals surface area contributed by atoms with E-state index in [4.69, 9.17) is 0 Å². The Morgan fingerprint density at radius 2 is 1.74 bits per heavy atom. The summed E-state index contributed by atoms with van der Waals surface area (Å²) in [6.07, 6.45) is 8.28. The van der Waals surface area contributed by atoms with Crippen molar-refractivity contribution in [3.63, 3.8) is 0 Å². The summed E-state index contributed by atoms with van der Waals surface area (Å²) in [6, 6.07) is 14.3. The average molecular weight is 414 g/mol. The Morgan fingerprint density at radius 1 is 0.935 bits per heavy atom. The van der Waals surface area contributed by atoms with Crippen molar-refractivity contribution in [3.05, 3.63) is 59.8 Å². The zero-order chi connectivity index (χ0) is 21.4. The van der Waals surface area contributed by atoms with Crippen molar-refractivity contribution in [1.82, 2.24) is 10.3 Å². The first-order chi connectivity index (χ1) is 15.1. The van der Waals surface area contributed by atoms with Gasteiger partial charge in [-0.3, -0.25) is 9.59 Å². The fourth-order valence-corrected chi connectivity index (χ4v) is 4.36. The molecule has 0 bridgehead atoms. The van der Waals surface area contributed by atoms with E-state index in [2.05, 4.69) is 34.7 Å². The van der Waals surface area contributed by atoms with E-state index in [1.165, 1.54) is 12.8 Å². The number of aryl methyl sites for hydroxylation is 1. The number of nitrogens with one attached hydrogen (secondary N) is 2. The molecule has 5 nitrogen and oxygen atoms in total. The number of nitrogens with zero attached hydrogens (tertiary/aromatic N) is 1. The number of hydrogen-bond acceptors (Lipinski definition) is 3. The molecule has 2 N–H and O–H groups in total. The first-order valence-corrected chi connectivity index (χ1v) is 11.2. The number of aromatic nitrogens is 1. The topological polar surface area (TPSA) is 71.1 Å². The van der Waals surface area contributed by atoms with E-state index in [9.17, 15) is 9.59 Å². The van der Waals surface area contributed by atoms with E-state index < -0.39 is 0 Å². The van der Waals surface area contributed by atoms with Crippen LogP contribution in [0.2, 0.25) is 0 Å². The van der Waals surface area contributed by atoms with Gasteiger partial charge in [0.05, 0.1) is 0 Å². The summed E-state index contributed by atoms with van der Waals surface area (Å²) in [5.41, 5.74) is 3.92. The number of carbonyl (C=O) groups is 2. The van der Waals surface area contributed by atoms with E-state index >= 15 is 0 Å². The summed E-state index contributed by atoms with van der Waals surface area (Å²) < 4.78 is 0. The third-order valence-corrected chi connectivity index (χ3v) is 6.42. The lowest BCUT2D eigenvalue weighted by atomic mass is 9.96. The highest BCUT2D eigenvalue weighted by Gasteiger charge is 2.29. The molecule has 2 aliphatic rings. The summed E-state index contributed by atoms with van der Waals surface area (Å²) in [7, 11) is 0. The van der Waals surface area contributed by atoms with Gasteiger partial charge in [-0.05, 0) is 78.9 Å². The third-order valence-electron chi connectivity index (χ3n) is 6.42. The smallest absolute Gasteiger partial charge is 0.251 e. The van der Waals surface area contributed by atoms with Crippen LogP contribution in [0.4, 0.5) is 5.82 Å². The van der Waals surface area contributed by atoms with Crippen molar-refractivity contribution in [3.8, 4) is 11.1 Å². The third kappa shape index (κ3) is 4.31. The van der Waals surface area contributed by atoms with Crippen LogP contribution in [0, 0.1) is 12.8 Å². The Labute approximate surface area is 182 Å². The van der Waals surface area contributed by atoms with Crippen molar-refractivity contribution in [1.29, 1.82) is 0 Å². The number of fused-ring (bicyclic) bond motifs is 1. The Balaban J connectivity index is 1.40. The van der Waals surface area contributed by atoms with Crippen LogP contribution >= 0.6 is 0 Å². The zero-order valence-electron chi connectivity index (χ0n) is 17.8. The zero-order valence-corrected chi connectivity index (χ0v) is 17.8. The maximum Gasteiger partial charge on any atom is 0.251 e. The minimum absolute atomic E-state index is 0.00616. The van der Waals surface area contributed by atoms with Crippen LogP contribution in [-0.4, -0.2) is 22.8 Å². The molecule has 0 radical (unpaired) electrons. The van der Waals surface area contributed by atoms with E-state index in [1.807, 2.05) is 30.3 Å². The minimum atomic E-state index is 0.00616. The number of rotatable bonds is 5. The largest absolute Gasteiger partial charge is 0.349 e. The van der Waals surface area contributed by atoms with Crippen molar-refractivity contribution in [2.45, 2.75) is 51.5 Å². The van der Waals surface area contributed by atoms with Crippen LogP contribution in [0.1, 0.15) is 54.4 Å². The van der Waals surface area contributed by atoms with Gasteiger partial charge in [0.1, 0.15) is 5.82 Å². The second-order valence-corrected chi connectivity index (χ2v) is 8.88. The maximum atomic E-state index is 12.7. The molecule has 158 valence electrons. The van der Waals surface area contributed by atoms with Crippen LogP contribution in [0.25, 0.3) is 21.9 Å². The molecular formula is C26H27N3O2. The van der Waals surface area contributed by atoms with Crippen LogP contribution in [-0.2, 0) is 4.79 Å². The highest BCUT2D eigenvalue weighted by Crippen LogP contribution is 2.31. The van der Waals surface area contributed by atoms with Crippen molar-refractivity contribution >= 4 is 28.4 Å². The predicted octanol–water partition coefficient (Wildman–Crippen LogP) is 5.23. The lowest BCUT2D eigenvalue weighted by molar-refractivity contribution is -0.117. The number of benzene rings is 2. The normalized spacial score (nSPS) is 16.4. The number of pyridine rings is 1. The Hall–Kier alpha value is -3.21. The standard InChI is InChI=1S/C26H27N3O2/c1-16-6-7-20(26(31)28-22-4-2-3-5-22)13-23(16)19-11-10-18-14-24(27-15-21(18)12-19)29-25(30)17-8-9-17/h6-7,10-15,17,22H,2-5,8-9H2,1H3,(H,28,31)(H,27,29,30). The summed E-state index contributed by atoms with van der Waals surface area (Å²) in [4.78, 5) is 29.2. The molecule has 0 spiro atoms. The van der Waals surface area contributed by atoms with Crippen LogP contribution in [0.5, 0.6) is 0 Å². The summed E-state index contributed by atoms with van der Waals surface area (Å²) >= 11 is 0. The fourth-order valence-electron chi connectivity index (χ4n) is 4.36. The number of anilines is 1. The van der Waals surface area contributed by atoms with Gasteiger partial charge in [0, 0.05) is 29.1 Å². The van der Waals surface area contributed by atoms with Gasteiger partial charge >= 0.3 is 0 Å². The molecule has 2 aliphatic carbocycles. The van der Waals surface area contributed by atoms with E-state index in [1.54, 1.807) is 6.20 Å². The van der Waals surface area contributed by atoms with E-state index in [-0.39, 0.29) is 17.7 Å². The number of amides is 2. The lowest BCUT2D eigenvalue weighted by Crippen LogP contribution is -2.32. The molecule has 5 heteroatoms.